The van der Waals surface area contributed by atoms with Crippen molar-refractivity contribution < 1.29 is 9.90 Å². The van der Waals surface area contributed by atoms with Crippen LogP contribution in [0.5, 0.6) is 0 Å². The molecule has 110 valence electrons. The van der Waals surface area contributed by atoms with E-state index in [-0.39, 0.29) is 6.42 Å². The van der Waals surface area contributed by atoms with E-state index in [2.05, 4.69) is 31.2 Å². The minimum absolute atomic E-state index is 0.0800. The van der Waals surface area contributed by atoms with Crippen LogP contribution in [0.3, 0.4) is 0 Å². The molecule has 2 nitrogen and oxygen atoms in total. The molecule has 2 rings (SSSR count). The lowest BCUT2D eigenvalue weighted by molar-refractivity contribution is -0.136. The van der Waals surface area contributed by atoms with Crippen molar-refractivity contribution >= 4 is 5.97 Å². The lowest BCUT2D eigenvalue weighted by Crippen LogP contribution is -1.99. The highest BCUT2D eigenvalue weighted by molar-refractivity contribution is 5.71. The van der Waals surface area contributed by atoms with E-state index in [4.69, 9.17) is 5.11 Å². The first-order chi connectivity index (χ1) is 10.2. The fourth-order valence-electron chi connectivity index (χ4n) is 2.43. The number of carboxylic acid groups (broad SMARTS) is 1. The van der Waals surface area contributed by atoms with Crippen LogP contribution in [0.4, 0.5) is 0 Å². The zero-order valence-corrected chi connectivity index (χ0v) is 12.5. The Bertz CT molecular complexity index is 568. The molecule has 2 aromatic rings. The quantitative estimate of drug-likeness (QED) is 0.746. The summed E-state index contributed by atoms with van der Waals surface area (Å²) in [5.41, 5.74) is 4.53. The van der Waals surface area contributed by atoms with Crippen LogP contribution >= 0.6 is 0 Å². The summed E-state index contributed by atoms with van der Waals surface area (Å²) >= 11 is 0. The van der Waals surface area contributed by atoms with E-state index >= 15 is 0 Å². The summed E-state index contributed by atoms with van der Waals surface area (Å²) in [6, 6.07) is 16.4. The van der Waals surface area contributed by atoms with Gasteiger partial charge in [0.05, 0.1) is 6.42 Å². The number of unbranched alkanes of at least 4 members (excludes halogenated alkanes) is 2. The van der Waals surface area contributed by atoms with Gasteiger partial charge in [0.15, 0.2) is 0 Å². The first-order valence-corrected chi connectivity index (χ1v) is 7.59. The summed E-state index contributed by atoms with van der Waals surface area (Å²) in [5.74, 6) is -0.792. The first-order valence-electron chi connectivity index (χ1n) is 7.59. The predicted octanol–water partition coefficient (Wildman–Crippen LogP) is 4.71. The molecule has 0 atom stereocenters. The van der Waals surface area contributed by atoms with Crippen molar-refractivity contribution in [3.63, 3.8) is 0 Å². The fraction of sp³-hybridized carbons (Fsp3) is 0.316. The molecule has 2 heteroatoms. The van der Waals surface area contributed by atoms with Crippen molar-refractivity contribution in [3.8, 4) is 11.1 Å². The van der Waals surface area contributed by atoms with Crippen LogP contribution in [0.25, 0.3) is 11.1 Å². The standard InChI is InChI=1S/C19H22O2/c1-2-3-4-5-15-6-10-17(11-7-15)18-12-8-16(9-13-18)14-19(20)21/h6-13H,2-5,14H2,1H3,(H,20,21). The number of hydrogen-bond acceptors (Lipinski definition) is 1. The number of aliphatic carboxylic acids is 1. The molecule has 0 bridgehead atoms. The Morgan fingerprint density at radius 1 is 0.857 bits per heavy atom. The van der Waals surface area contributed by atoms with E-state index in [0.717, 1.165) is 17.5 Å². The third-order valence-electron chi connectivity index (χ3n) is 3.67. The zero-order valence-electron chi connectivity index (χ0n) is 12.5. The SMILES string of the molecule is CCCCCc1ccc(-c2ccc(CC(=O)O)cc2)cc1. The Hall–Kier alpha value is -2.09. The Kier molecular flexibility index (Phi) is 5.56. The smallest absolute Gasteiger partial charge is 0.307 e. The molecular weight excluding hydrogens is 260 g/mol. The second kappa shape index (κ2) is 7.63. The molecule has 0 heterocycles. The topological polar surface area (TPSA) is 37.3 Å². The number of carboxylic acids is 1. The van der Waals surface area contributed by atoms with E-state index < -0.39 is 5.97 Å². The van der Waals surface area contributed by atoms with Crippen molar-refractivity contribution in [1.82, 2.24) is 0 Å². The zero-order chi connectivity index (χ0) is 15.1. The summed E-state index contributed by atoms with van der Waals surface area (Å²) in [4.78, 5) is 10.7. The second-order valence-electron chi connectivity index (χ2n) is 5.42. The summed E-state index contributed by atoms with van der Waals surface area (Å²) in [5, 5.41) is 8.77. The lowest BCUT2D eigenvalue weighted by Gasteiger charge is -2.05. The molecule has 21 heavy (non-hydrogen) atoms. The predicted molar refractivity (Wildman–Crippen MR) is 86.4 cm³/mol. The van der Waals surface area contributed by atoms with E-state index in [1.54, 1.807) is 0 Å². The molecule has 0 amide bonds. The van der Waals surface area contributed by atoms with Crippen LogP contribution in [-0.4, -0.2) is 11.1 Å². The largest absolute Gasteiger partial charge is 0.481 e. The van der Waals surface area contributed by atoms with Gasteiger partial charge in [0.25, 0.3) is 0 Å². The van der Waals surface area contributed by atoms with Gasteiger partial charge in [-0.3, -0.25) is 4.79 Å². The Balaban J connectivity index is 2.02. The van der Waals surface area contributed by atoms with E-state index in [0.29, 0.717) is 0 Å². The average molecular weight is 282 g/mol. The fourth-order valence-corrected chi connectivity index (χ4v) is 2.43. The van der Waals surface area contributed by atoms with E-state index in [1.165, 1.54) is 30.4 Å². The molecule has 0 spiro atoms. The van der Waals surface area contributed by atoms with Gasteiger partial charge in [-0.1, -0.05) is 68.3 Å². The highest BCUT2D eigenvalue weighted by Crippen LogP contribution is 2.21. The van der Waals surface area contributed by atoms with E-state index in [9.17, 15) is 4.79 Å². The van der Waals surface area contributed by atoms with Crippen LogP contribution in [0.15, 0.2) is 48.5 Å². The van der Waals surface area contributed by atoms with Crippen molar-refractivity contribution in [1.29, 1.82) is 0 Å². The maximum absolute atomic E-state index is 10.7. The maximum Gasteiger partial charge on any atom is 0.307 e. The van der Waals surface area contributed by atoms with Crippen LogP contribution in [0.2, 0.25) is 0 Å². The van der Waals surface area contributed by atoms with Crippen LogP contribution in [-0.2, 0) is 17.6 Å². The highest BCUT2D eigenvalue weighted by atomic mass is 16.4. The summed E-state index contributed by atoms with van der Waals surface area (Å²) in [7, 11) is 0. The molecule has 2 aromatic carbocycles. The van der Waals surface area contributed by atoms with Gasteiger partial charge in [-0.05, 0) is 35.1 Å². The summed E-state index contributed by atoms with van der Waals surface area (Å²) < 4.78 is 0. The minimum atomic E-state index is -0.792. The van der Waals surface area contributed by atoms with Crippen molar-refractivity contribution in [2.45, 2.75) is 39.0 Å². The van der Waals surface area contributed by atoms with Gasteiger partial charge in [-0.25, -0.2) is 0 Å². The molecule has 0 aliphatic carbocycles. The van der Waals surface area contributed by atoms with Gasteiger partial charge in [0.1, 0.15) is 0 Å². The van der Waals surface area contributed by atoms with Gasteiger partial charge in [-0.2, -0.15) is 0 Å². The third-order valence-corrected chi connectivity index (χ3v) is 3.67. The highest BCUT2D eigenvalue weighted by Gasteiger charge is 2.02. The van der Waals surface area contributed by atoms with Gasteiger partial charge in [0, 0.05) is 0 Å². The molecule has 0 aliphatic heterocycles. The maximum atomic E-state index is 10.7. The molecule has 0 unspecified atom stereocenters. The van der Waals surface area contributed by atoms with E-state index in [1.807, 2.05) is 24.3 Å². The molecule has 0 saturated heterocycles. The molecule has 0 aliphatic rings. The third kappa shape index (κ3) is 4.75. The Morgan fingerprint density at radius 3 is 1.86 bits per heavy atom. The van der Waals surface area contributed by atoms with Gasteiger partial charge < -0.3 is 5.11 Å². The van der Waals surface area contributed by atoms with Crippen LogP contribution in [0, 0.1) is 0 Å². The molecular formula is C19H22O2. The molecule has 0 radical (unpaired) electrons. The average Bonchev–Trinajstić information content (AvgIpc) is 2.49. The number of hydrogen-bond donors (Lipinski definition) is 1. The van der Waals surface area contributed by atoms with Gasteiger partial charge >= 0.3 is 5.97 Å². The number of aryl methyl sites for hydroxylation is 1. The second-order valence-corrected chi connectivity index (χ2v) is 5.42. The molecule has 0 saturated carbocycles. The first kappa shape index (κ1) is 15.3. The molecule has 1 N–H and O–H groups in total. The molecule has 0 aromatic heterocycles. The number of carbonyl (C=O) groups is 1. The monoisotopic (exact) mass is 282 g/mol. The number of rotatable bonds is 7. The lowest BCUT2D eigenvalue weighted by atomic mass is 10.00. The van der Waals surface area contributed by atoms with Crippen molar-refractivity contribution in [3.05, 3.63) is 59.7 Å². The van der Waals surface area contributed by atoms with Crippen LogP contribution < -0.4 is 0 Å². The number of benzene rings is 2. The van der Waals surface area contributed by atoms with Crippen molar-refractivity contribution in [2.24, 2.45) is 0 Å². The van der Waals surface area contributed by atoms with Crippen LogP contribution in [0.1, 0.15) is 37.3 Å². The Labute approximate surface area is 126 Å². The molecule has 0 fully saturated rings. The normalized spacial score (nSPS) is 10.5. The minimum Gasteiger partial charge on any atom is -0.481 e. The van der Waals surface area contributed by atoms with Gasteiger partial charge in [-0.15, -0.1) is 0 Å². The Morgan fingerprint density at radius 2 is 1.38 bits per heavy atom. The summed E-state index contributed by atoms with van der Waals surface area (Å²) in [6.45, 7) is 2.22. The summed E-state index contributed by atoms with van der Waals surface area (Å²) in [6.07, 6.45) is 5.01. The van der Waals surface area contributed by atoms with Crippen molar-refractivity contribution in [2.75, 3.05) is 0 Å². The van der Waals surface area contributed by atoms with Gasteiger partial charge in [0.2, 0.25) is 0 Å².